The molecule has 1 saturated carbocycles. The summed E-state index contributed by atoms with van der Waals surface area (Å²) in [6, 6.07) is 0.504. The first-order valence-electron chi connectivity index (χ1n) is 7.12. The SMILES string of the molecule is CC1CN(C(=O)CC2(CN)CCC2)CC1N(C)C. The molecular formula is C14H27N3O. The normalized spacial score (nSPS) is 30.6. The van der Waals surface area contributed by atoms with E-state index in [0.29, 0.717) is 30.8 Å². The van der Waals surface area contributed by atoms with Crippen LogP contribution in [0, 0.1) is 11.3 Å². The topological polar surface area (TPSA) is 49.6 Å². The van der Waals surface area contributed by atoms with Crippen molar-refractivity contribution in [2.75, 3.05) is 33.7 Å². The van der Waals surface area contributed by atoms with Crippen molar-refractivity contribution in [1.82, 2.24) is 9.80 Å². The van der Waals surface area contributed by atoms with Crippen LogP contribution in [0.1, 0.15) is 32.6 Å². The second-order valence-electron chi connectivity index (χ2n) is 6.54. The molecule has 1 heterocycles. The molecule has 18 heavy (non-hydrogen) atoms. The van der Waals surface area contributed by atoms with Gasteiger partial charge in [0.15, 0.2) is 0 Å². The molecule has 0 aromatic heterocycles. The maximum atomic E-state index is 12.4. The first-order valence-corrected chi connectivity index (χ1v) is 7.12. The molecule has 104 valence electrons. The van der Waals surface area contributed by atoms with Crippen LogP contribution >= 0.6 is 0 Å². The summed E-state index contributed by atoms with van der Waals surface area (Å²) in [5.41, 5.74) is 5.98. The largest absolute Gasteiger partial charge is 0.341 e. The third-order valence-corrected chi connectivity index (χ3v) is 4.96. The predicted octanol–water partition coefficient (Wildman–Crippen LogP) is 0.914. The van der Waals surface area contributed by atoms with Gasteiger partial charge < -0.3 is 15.5 Å². The minimum absolute atomic E-state index is 0.135. The zero-order valence-corrected chi connectivity index (χ0v) is 12.0. The average Bonchev–Trinajstić information content (AvgIpc) is 2.65. The number of amides is 1. The highest BCUT2D eigenvalue weighted by Crippen LogP contribution is 2.43. The van der Waals surface area contributed by atoms with Crippen LogP contribution in [0.25, 0.3) is 0 Å². The maximum Gasteiger partial charge on any atom is 0.223 e. The number of rotatable bonds is 4. The Balaban J connectivity index is 1.91. The van der Waals surface area contributed by atoms with Crippen molar-refractivity contribution in [3.63, 3.8) is 0 Å². The molecule has 2 aliphatic rings. The van der Waals surface area contributed by atoms with E-state index in [1.807, 2.05) is 4.90 Å². The summed E-state index contributed by atoms with van der Waals surface area (Å²) in [4.78, 5) is 16.7. The van der Waals surface area contributed by atoms with E-state index in [2.05, 4.69) is 25.9 Å². The summed E-state index contributed by atoms with van der Waals surface area (Å²) >= 11 is 0. The molecule has 1 aliphatic carbocycles. The molecule has 0 radical (unpaired) electrons. The van der Waals surface area contributed by atoms with E-state index in [0.717, 1.165) is 25.9 Å². The average molecular weight is 253 g/mol. The molecule has 1 amide bonds. The van der Waals surface area contributed by atoms with Gasteiger partial charge in [-0.1, -0.05) is 13.3 Å². The van der Waals surface area contributed by atoms with E-state index in [1.54, 1.807) is 0 Å². The maximum absolute atomic E-state index is 12.4. The molecule has 0 bridgehead atoms. The predicted molar refractivity (Wildman–Crippen MR) is 73.2 cm³/mol. The van der Waals surface area contributed by atoms with Gasteiger partial charge in [-0.25, -0.2) is 0 Å². The Morgan fingerprint density at radius 2 is 2.06 bits per heavy atom. The van der Waals surface area contributed by atoms with E-state index in [4.69, 9.17) is 5.73 Å². The van der Waals surface area contributed by atoms with Crippen LogP contribution in [0.3, 0.4) is 0 Å². The first-order chi connectivity index (χ1) is 8.47. The third kappa shape index (κ3) is 2.54. The fourth-order valence-electron chi connectivity index (χ4n) is 3.39. The summed E-state index contributed by atoms with van der Waals surface area (Å²) < 4.78 is 0. The zero-order chi connectivity index (χ0) is 13.3. The van der Waals surface area contributed by atoms with Gasteiger partial charge in [-0.3, -0.25) is 4.79 Å². The molecule has 4 nitrogen and oxygen atoms in total. The molecule has 0 aromatic rings. The molecule has 2 rings (SSSR count). The lowest BCUT2D eigenvalue weighted by Gasteiger charge is -2.41. The van der Waals surface area contributed by atoms with Gasteiger partial charge >= 0.3 is 0 Å². The number of carbonyl (C=O) groups is 1. The standard InChI is InChI=1S/C14H27N3O/c1-11-8-17(9-12(11)16(2)3)13(18)7-14(10-15)5-4-6-14/h11-12H,4-10,15H2,1-3H3. The van der Waals surface area contributed by atoms with E-state index in [1.165, 1.54) is 6.42 Å². The van der Waals surface area contributed by atoms with Crippen LogP contribution in [0.2, 0.25) is 0 Å². The smallest absolute Gasteiger partial charge is 0.223 e. The number of likely N-dealkylation sites (N-methyl/N-ethyl adjacent to an activating group) is 1. The highest BCUT2D eigenvalue weighted by Gasteiger charge is 2.41. The van der Waals surface area contributed by atoms with Crippen LogP contribution in [-0.4, -0.2) is 55.5 Å². The molecule has 2 unspecified atom stereocenters. The number of carbonyl (C=O) groups excluding carboxylic acids is 1. The van der Waals surface area contributed by atoms with E-state index >= 15 is 0 Å². The molecule has 2 N–H and O–H groups in total. The van der Waals surface area contributed by atoms with Crippen molar-refractivity contribution in [2.24, 2.45) is 17.1 Å². The highest BCUT2D eigenvalue weighted by atomic mass is 16.2. The van der Waals surface area contributed by atoms with E-state index in [9.17, 15) is 4.79 Å². The van der Waals surface area contributed by atoms with Gasteiger partial charge in [-0.2, -0.15) is 0 Å². The van der Waals surface area contributed by atoms with Gasteiger partial charge in [0.05, 0.1) is 0 Å². The Morgan fingerprint density at radius 3 is 2.44 bits per heavy atom. The van der Waals surface area contributed by atoms with Gasteiger partial charge in [0, 0.05) is 25.6 Å². The van der Waals surface area contributed by atoms with Crippen molar-refractivity contribution < 1.29 is 4.79 Å². The van der Waals surface area contributed by atoms with Crippen molar-refractivity contribution >= 4 is 5.91 Å². The van der Waals surface area contributed by atoms with Gasteiger partial charge in [0.1, 0.15) is 0 Å². The Bertz CT molecular complexity index is 307. The number of likely N-dealkylation sites (tertiary alicyclic amines) is 1. The summed E-state index contributed by atoms with van der Waals surface area (Å²) in [7, 11) is 4.20. The van der Waals surface area contributed by atoms with Crippen LogP contribution in [0.4, 0.5) is 0 Å². The van der Waals surface area contributed by atoms with Crippen LogP contribution in [-0.2, 0) is 4.79 Å². The summed E-state index contributed by atoms with van der Waals surface area (Å²) in [6.07, 6.45) is 4.17. The second kappa shape index (κ2) is 5.17. The van der Waals surface area contributed by atoms with Crippen molar-refractivity contribution in [1.29, 1.82) is 0 Å². The lowest BCUT2D eigenvalue weighted by molar-refractivity contribution is -0.134. The van der Waals surface area contributed by atoms with Crippen LogP contribution in [0.5, 0.6) is 0 Å². The van der Waals surface area contributed by atoms with Gasteiger partial charge in [0.2, 0.25) is 5.91 Å². The number of nitrogens with two attached hydrogens (primary N) is 1. The Morgan fingerprint density at radius 1 is 1.39 bits per heavy atom. The van der Waals surface area contributed by atoms with Crippen molar-refractivity contribution in [3.05, 3.63) is 0 Å². The van der Waals surface area contributed by atoms with Crippen molar-refractivity contribution in [2.45, 2.75) is 38.6 Å². The quantitative estimate of drug-likeness (QED) is 0.810. The Labute approximate surface area is 110 Å². The van der Waals surface area contributed by atoms with E-state index < -0.39 is 0 Å². The molecule has 0 aromatic carbocycles. The Hall–Kier alpha value is -0.610. The highest BCUT2D eigenvalue weighted by molar-refractivity contribution is 5.77. The number of nitrogens with zero attached hydrogens (tertiary/aromatic N) is 2. The number of hydrogen-bond donors (Lipinski definition) is 1. The molecule has 2 atom stereocenters. The molecule has 4 heteroatoms. The van der Waals surface area contributed by atoms with Crippen LogP contribution < -0.4 is 5.73 Å². The fraction of sp³-hybridized carbons (Fsp3) is 0.929. The minimum atomic E-state index is 0.135. The number of hydrogen-bond acceptors (Lipinski definition) is 3. The minimum Gasteiger partial charge on any atom is -0.341 e. The zero-order valence-electron chi connectivity index (χ0n) is 12.0. The molecule has 2 fully saturated rings. The van der Waals surface area contributed by atoms with Crippen LogP contribution in [0.15, 0.2) is 0 Å². The summed E-state index contributed by atoms with van der Waals surface area (Å²) in [5, 5.41) is 0. The van der Waals surface area contributed by atoms with Gasteiger partial charge in [0.25, 0.3) is 0 Å². The third-order valence-electron chi connectivity index (χ3n) is 4.96. The molecular weight excluding hydrogens is 226 g/mol. The van der Waals surface area contributed by atoms with E-state index in [-0.39, 0.29) is 5.41 Å². The fourth-order valence-corrected chi connectivity index (χ4v) is 3.39. The summed E-state index contributed by atoms with van der Waals surface area (Å²) in [6.45, 7) is 4.69. The van der Waals surface area contributed by atoms with Crippen molar-refractivity contribution in [3.8, 4) is 0 Å². The summed E-state index contributed by atoms with van der Waals surface area (Å²) in [5.74, 6) is 0.885. The lowest BCUT2D eigenvalue weighted by atomic mass is 9.66. The monoisotopic (exact) mass is 253 g/mol. The van der Waals surface area contributed by atoms with Gasteiger partial charge in [-0.05, 0) is 44.8 Å². The molecule has 1 saturated heterocycles. The molecule has 0 spiro atoms. The molecule has 1 aliphatic heterocycles. The van der Waals surface area contributed by atoms with Gasteiger partial charge in [-0.15, -0.1) is 0 Å². The lowest BCUT2D eigenvalue weighted by Crippen LogP contribution is -2.43. The first kappa shape index (κ1) is 13.8. The second-order valence-corrected chi connectivity index (χ2v) is 6.54. The Kier molecular flexibility index (Phi) is 3.97.